The first-order valence-corrected chi connectivity index (χ1v) is 8.52. The van der Waals surface area contributed by atoms with Crippen molar-refractivity contribution in [2.75, 3.05) is 25.1 Å². The number of carbonyl (C=O) groups excluding carboxylic acids is 1. The van der Waals surface area contributed by atoms with Crippen LogP contribution in [0.2, 0.25) is 0 Å². The van der Waals surface area contributed by atoms with Crippen LogP contribution in [-0.4, -0.2) is 37.9 Å². The predicted octanol–water partition coefficient (Wildman–Crippen LogP) is 2.71. The molecule has 5 nitrogen and oxygen atoms in total. The number of nitrogens with one attached hydrogen (secondary N) is 2. The minimum atomic E-state index is -0.488. The Morgan fingerprint density at radius 1 is 1.43 bits per heavy atom. The SMILES string of the molecule is CCNCc1cccc(NC(=O)C(C)OCC2CCCCO2)c1. The Balaban J connectivity index is 1.78. The van der Waals surface area contributed by atoms with Gasteiger partial charge in [0.05, 0.1) is 12.7 Å². The molecule has 2 N–H and O–H groups in total. The van der Waals surface area contributed by atoms with Crippen molar-refractivity contribution < 1.29 is 14.3 Å². The van der Waals surface area contributed by atoms with E-state index in [-0.39, 0.29) is 12.0 Å². The molecule has 23 heavy (non-hydrogen) atoms. The van der Waals surface area contributed by atoms with Gasteiger partial charge < -0.3 is 20.1 Å². The maximum atomic E-state index is 12.2. The molecule has 2 atom stereocenters. The summed E-state index contributed by atoms with van der Waals surface area (Å²) in [6, 6.07) is 7.87. The van der Waals surface area contributed by atoms with E-state index in [0.717, 1.165) is 43.8 Å². The van der Waals surface area contributed by atoms with Gasteiger partial charge in [-0.15, -0.1) is 0 Å². The zero-order valence-electron chi connectivity index (χ0n) is 14.1. The van der Waals surface area contributed by atoms with E-state index in [1.807, 2.05) is 24.3 Å². The third kappa shape index (κ3) is 6.29. The first-order chi connectivity index (χ1) is 11.2. The number of anilines is 1. The van der Waals surface area contributed by atoms with Crippen LogP contribution in [0, 0.1) is 0 Å². The molecular weight excluding hydrogens is 292 g/mol. The summed E-state index contributed by atoms with van der Waals surface area (Å²) in [5, 5.41) is 6.19. The third-order valence-electron chi connectivity index (χ3n) is 3.95. The second-order valence-corrected chi connectivity index (χ2v) is 5.93. The standard InChI is InChI=1S/C18H28N2O3/c1-3-19-12-15-7-6-8-16(11-15)20-18(21)14(2)23-13-17-9-4-5-10-22-17/h6-8,11,14,17,19H,3-5,9-10,12-13H2,1-2H3,(H,20,21). The lowest BCUT2D eigenvalue weighted by Gasteiger charge is -2.24. The minimum Gasteiger partial charge on any atom is -0.376 e. The molecule has 0 bridgehead atoms. The van der Waals surface area contributed by atoms with E-state index in [1.165, 1.54) is 6.42 Å². The number of benzene rings is 1. The molecule has 0 spiro atoms. The van der Waals surface area contributed by atoms with E-state index in [4.69, 9.17) is 9.47 Å². The molecule has 5 heteroatoms. The monoisotopic (exact) mass is 320 g/mol. The van der Waals surface area contributed by atoms with Gasteiger partial charge in [0.25, 0.3) is 5.91 Å². The summed E-state index contributed by atoms with van der Waals surface area (Å²) in [7, 11) is 0. The van der Waals surface area contributed by atoms with Crippen LogP contribution in [0.3, 0.4) is 0 Å². The molecule has 1 heterocycles. The van der Waals surface area contributed by atoms with E-state index in [2.05, 4.69) is 17.6 Å². The van der Waals surface area contributed by atoms with Gasteiger partial charge in [0.1, 0.15) is 6.10 Å². The molecule has 1 aromatic carbocycles. The van der Waals surface area contributed by atoms with Gasteiger partial charge in [0.2, 0.25) is 0 Å². The molecule has 0 aliphatic carbocycles. The Labute approximate surface area is 138 Å². The van der Waals surface area contributed by atoms with Gasteiger partial charge in [-0.05, 0) is 50.4 Å². The van der Waals surface area contributed by atoms with Gasteiger partial charge in [0.15, 0.2) is 0 Å². The summed E-state index contributed by atoms with van der Waals surface area (Å²) in [5.74, 6) is -0.124. The van der Waals surface area contributed by atoms with Crippen molar-refractivity contribution in [1.29, 1.82) is 0 Å². The molecule has 1 aromatic rings. The molecule has 1 amide bonds. The molecule has 2 rings (SSSR count). The van der Waals surface area contributed by atoms with Crippen molar-refractivity contribution in [3.8, 4) is 0 Å². The smallest absolute Gasteiger partial charge is 0.253 e. The molecule has 1 fully saturated rings. The summed E-state index contributed by atoms with van der Waals surface area (Å²) in [5.41, 5.74) is 1.95. The second-order valence-electron chi connectivity index (χ2n) is 5.93. The van der Waals surface area contributed by atoms with Crippen molar-refractivity contribution in [3.05, 3.63) is 29.8 Å². The lowest BCUT2D eigenvalue weighted by atomic mass is 10.1. The number of ether oxygens (including phenoxy) is 2. The van der Waals surface area contributed by atoms with Crippen molar-refractivity contribution >= 4 is 11.6 Å². The van der Waals surface area contributed by atoms with E-state index in [1.54, 1.807) is 6.92 Å². The zero-order valence-corrected chi connectivity index (χ0v) is 14.1. The molecule has 128 valence electrons. The van der Waals surface area contributed by atoms with Crippen LogP contribution in [0.4, 0.5) is 5.69 Å². The summed E-state index contributed by atoms with van der Waals surface area (Å²) < 4.78 is 11.3. The zero-order chi connectivity index (χ0) is 16.5. The molecule has 0 aromatic heterocycles. The second kappa shape index (κ2) is 9.65. The minimum absolute atomic E-state index is 0.124. The first-order valence-electron chi connectivity index (χ1n) is 8.52. The van der Waals surface area contributed by atoms with Crippen LogP contribution in [0.5, 0.6) is 0 Å². The fraction of sp³-hybridized carbons (Fsp3) is 0.611. The van der Waals surface area contributed by atoms with Crippen LogP contribution < -0.4 is 10.6 Å². The van der Waals surface area contributed by atoms with Gasteiger partial charge >= 0.3 is 0 Å². The van der Waals surface area contributed by atoms with Crippen LogP contribution >= 0.6 is 0 Å². The Morgan fingerprint density at radius 3 is 3.04 bits per heavy atom. The fourth-order valence-electron chi connectivity index (χ4n) is 2.54. The molecule has 0 saturated carbocycles. The molecule has 0 radical (unpaired) electrons. The van der Waals surface area contributed by atoms with Gasteiger partial charge in [-0.1, -0.05) is 19.1 Å². The first kappa shape index (κ1) is 17.9. The number of amides is 1. The topological polar surface area (TPSA) is 59.6 Å². The Kier molecular flexibility index (Phi) is 7.52. The summed E-state index contributed by atoms with van der Waals surface area (Å²) in [6.07, 6.45) is 2.95. The molecular formula is C18H28N2O3. The number of hydrogen-bond acceptors (Lipinski definition) is 4. The maximum absolute atomic E-state index is 12.2. The largest absolute Gasteiger partial charge is 0.376 e. The highest BCUT2D eigenvalue weighted by molar-refractivity contribution is 5.93. The Morgan fingerprint density at radius 2 is 2.30 bits per heavy atom. The summed E-state index contributed by atoms with van der Waals surface area (Å²) >= 11 is 0. The van der Waals surface area contributed by atoms with Crippen molar-refractivity contribution in [1.82, 2.24) is 5.32 Å². The quantitative estimate of drug-likeness (QED) is 0.773. The lowest BCUT2D eigenvalue weighted by Crippen LogP contribution is -2.32. The highest BCUT2D eigenvalue weighted by Gasteiger charge is 2.19. The van der Waals surface area contributed by atoms with Gasteiger partial charge in [0, 0.05) is 18.8 Å². The van der Waals surface area contributed by atoms with Crippen LogP contribution in [0.1, 0.15) is 38.7 Å². The van der Waals surface area contributed by atoms with Crippen molar-refractivity contribution in [2.45, 2.75) is 51.9 Å². The fourth-order valence-corrected chi connectivity index (χ4v) is 2.54. The predicted molar refractivity (Wildman–Crippen MR) is 91.5 cm³/mol. The Hall–Kier alpha value is -1.43. The van der Waals surface area contributed by atoms with Crippen molar-refractivity contribution in [3.63, 3.8) is 0 Å². The highest BCUT2D eigenvalue weighted by Crippen LogP contribution is 2.14. The molecule has 1 aliphatic heterocycles. The maximum Gasteiger partial charge on any atom is 0.253 e. The van der Waals surface area contributed by atoms with Crippen LogP contribution in [0.15, 0.2) is 24.3 Å². The van der Waals surface area contributed by atoms with Crippen molar-refractivity contribution in [2.24, 2.45) is 0 Å². The summed E-state index contributed by atoms with van der Waals surface area (Å²) in [6.45, 7) is 6.85. The summed E-state index contributed by atoms with van der Waals surface area (Å²) in [4.78, 5) is 12.2. The van der Waals surface area contributed by atoms with E-state index < -0.39 is 6.10 Å². The third-order valence-corrected chi connectivity index (χ3v) is 3.95. The van der Waals surface area contributed by atoms with Gasteiger partial charge in [-0.3, -0.25) is 4.79 Å². The molecule has 2 unspecified atom stereocenters. The molecule has 1 aliphatic rings. The number of carbonyl (C=O) groups is 1. The van der Waals surface area contributed by atoms with E-state index in [0.29, 0.717) is 6.61 Å². The highest BCUT2D eigenvalue weighted by atomic mass is 16.5. The van der Waals surface area contributed by atoms with E-state index >= 15 is 0 Å². The van der Waals surface area contributed by atoms with Gasteiger partial charge in [-0.25, -0.2) is 0 Å². The normalized spacial score (nSPS) is 19.3. The van der Waals surface area contributed by atoms with Crippen LogP contribution in [0.25, 0.3) is 0 Å². The average Bonchev–Trinajstić information content (AvgIpc) is 2.59. The Bertz CT molecular complexity index is 487. The number of hydrogen-bond donors (Lipinski definition) is 2. The average molecular weight is 320 g/mol. The van der Waals surface area contributed by atoms with E-state index in [9.17, 15) is 4.79 Å². The number of rotatable bonds is 8. The van der Waals surface area contributed by atoms with Crippen LogP contribution in [-0.2, 0) is 20.8 Å². The molecule has 1 saturated heterocycles. The van der Waals surface area contributed by atoms with Gasteiger partial charge in [-0.2, -0.15) is 0 Å². The lowest BCUT2D eigenvalue weighted by molar-refractivity contribution is -0.130.